The molecule has 3 aromatic rings. The molecule has 2 aromatic carbocycles. The minimum absolute atomic E-state index is 0.161. The minimum Gasteiger partial charge on any atom is -0.279 e. The number of aryl methyl sites for hydroxylation is 1. The molecule has 0 amide bonds. The number of aromatic nitrogens is 2. The highest BCUT2D eigenvalue weighted by Gasteiger charge is 2.20. The molecule has 5 nitrogen and oxygen atoms in total. The molecule has 23 heavy (non-hydrogen) atoms. The second kappa shape index (κ2) is 6.64. The molecule has 0 saturated heterocycles. The monoisotopic (exact) mass is 347 g/mol. The van der Waals surface area contributed by atoms with Gasteiger partial charge in [0, 0.05) is 0 Å². The Hall–Kier alpha value is -1.99. The van der Waals surface area contributed by atoms with Gasteiger partial charge < -0.3 is 0 Å². The zero-order valence-corrected chi connectivity index (χ0v) is 14.3. The van der Waals surface area contributed by atoms with Crippen LogP contribution in [0.5, 0.6) is 0 Å². The average molecular weight is 347 g/mol. The largest absolute Gasteiger partial charge is 0.279 e. The molecule has 0 fully saturated rings. The second-order valence-corrected chi connectivity index (χ2v) is 7.43. The lowest BCUT2D eigenvalue weighted by atomic mass is 10.1. The highest BCUT2D eigenvalue weighted by molar-refractivity contribution is 7.93. The van der Waals surface area contributed by atoms with E-state index in [4.69, 9.17) is 0 Å². The van der Waals surface area contributed by atoms with Crippen LogP contribution in [0, 0.1) is 0 Å². The summed E-state index contributed by atoms with van der Waals surface area (Å²) >= 11 is 1.01. The summed E-state index contributed by atoms with van der Waals surface area (Å²) in [6.45, 7) is 2.11. The summed E-state index contributed by atoms with van der Waals surface area (Å²) in [5.41, 5.74) is 2.64. The van der Waals surface area contributed by atoms with Gasteiger partial charge in [-0.1, -0.05) is 37.6 Å². The van der Waals surface area contributed by atoms with Crippen LogP contribution in [-0.4, -0.2) is 17.2 Å². The molecule has 0 aliphatic heterocycles. The number of benzene rings is 2. The van der Waals surface area contributed by atoms with Crippen molar-refractivity contribution in [3.8, 4) is 0 Å². The molecule has 0 saturated carbocycles. The number of unbranched alkanes of at least 4 members (excludes halogenated alkanes) is 1. The Labute approximate surface area is 139 Å². The summed E-state index contributed by atoms with van der Waals surface area (Å²) in [4.78, 5) is 0.161. The van der Waals surface area contributed by atoms with E-state index in [1.54, 1.807) is 24.3 Å². The van der Waals surface area contributed by atoms with Gasteiger partial charge >= 0.3 is 0 Å². The molecular formula is C16H17N3O2S2. The molecule has 0 aliphatic rings. The maximum atomic E-state index is 12.8. The highest BCUT2D eigenvalue weighted by atomic mass is 32.2. The van der Waals surface area contributed by atoms with E-state index in [9.17, 15) is 8.42 Å². The Bertz CT molecular complexity index is 920. The van der Waals surface area contributed by atoms with Crippen LogP contribution in [-0.2, 0) is 16.4 Å². The summed E-state index contributed by atoms with van der Waals surface area (Å²) < 4.78 is 36.4. The fraction of sp³-hybridized carbons (Fsp3) is 0.250. The SMILES string of the molecule is CCCCc1ccccc1NS(=O)(=O)c1cccc2nsnc12. The summed E-state index contributed by atoms with van der Waals surface area (Å²) in [5, 5.41) is 0. The number of rotatable bonds is 6. The zero-order valence-electron chi connectivity index (χ0n) is 12.7. The van der Waals surface area contributed by atoms with Crippen LogP contribution in [0.25, 0.3) is 11.0 Å². The predicted octanol–water partition coefficient (Wildman–Crippen LogP) is 3.83. The Kier molecular flexibility index (Phi) is 4.58. The Morgan fingerprint density at radius 3 is 2.74 bits per heavy atom. The number of fused-ring (bicyclic) bond motifs is 1. The van der Waals surface area contributed by atoms with Crippen molar-refractivity contribution in [2.75, 3.05) is 4.72 Å². The van der Waals surface area contributed by atoms with Crippen molar-refractivity contribution in [2.45, 2.75) is 31.1 Å². The number of hydrogen-bond donors (Lipinski definition) is 1. The van der Waals surface area contributed by atoms with Gasteiger partial charge in [0.2, 0.25) is 0 Å². The normalized spacial score (nSPS) is 11.7. The number of sulfonamides is 1. The van der Waals surface area contributed by atoms with Gasteiger partial charge in [0.25, 0.3) is 10.0 Å². The fourth-order valence-corrected chi connectivity index (χ4v) is 4.27. The lowest BCUT2D eigenvalue weighted by Gasteiger charge is -2.12. The molecule has 1 N–H and O–H groups in total. The van der Waals surface area contributed by atoms with Crippen LogP contribution in [0.2, 0.25) is 0 Å². The molecule has 0 unspecified atom stereocenters. The van der Waals surface area contributed by atoms with Gasteiger partial charge in [0.15, 0.2) is 0 Å². The van der Waals surface area contributed by atoms with Crippen LogP contribution in [0.1, 0.15) is 25.3 Å². The van der Waals surface area contributed by atoms with Crippen molar-refractivity contribution in [3.05, 3.63) is 48.0 Å². The lowest BCUT2D eigenvalue weighted by Crippen LogP contribution is -2.14. The highest BCUT2D eigenvalue weighted by Crippen LogP contribution is 2.25. The van der Waals surface area contributed by atoms with Crippen molar-refractivity contribution in [3.63, 3.8) is 0 Å². The van der Waals surface area contributed by atoms with E-state index in [2.05, 4.69) is 20.4 Å². The quantitative estimate of drug-likeness (QED) is 0.735. The van der Waals surface area contributed by atoms with E-state index >= 15 is 0 Å². The van der Waals surface area contributed by atoms with Gasteiger partial charge in [-0.3, -0.25) is 4.72 Å². The summed E-state index contributed by atoms with van der Waals surface area (Å²) in [6, 6.07) is 12.5. The second-order valence-electron chi connectivity index (χ2n) is 5.25. The zero-order chi connectivity index (χ0) is 16.3. The van der Waals surface area contributed by atoms with Crippen LogP contribution in [0.15, 0.2) is 47.4 Å². The first-order chi connectivity index (χ1) is 11.1. The fourth-order valence-electron chi connectivity index (χ4n) is 2.40. The van der Waals surface area contributed by atoms with Gasteiger partial charge in [-0.25, -0.2) is 8.42 Å². The molecule has 0 radical (unpaired) electrons. The first-order valence-electron chi connectivity index (χ1n) is 7.44. The molecular weight excluding hydrogens is 330 g/mol. The summed E-state index contributed by atoms with van der Waals surface area (Å²) in [7, 11) is -3.70. The third-order valence-corrected chi connectivity index (χ3v) is 5.54. The number of nitrogens with one attached hydrogen (secondary N) is 1. The van der Waals surface area contributed by atoms with Crippen LogP contribution >= 0.6 is 11.7 Å². The van der Waals surface area contributed by atoms with E-state index in [0.717, 1.165) is 36.6 Å². The first-order valence-corrected chi connectivity index (χ1v) is 9.65. The summed E-state index contributed by atoms with van der Waals surface area (Å²) in [5.74, 6) is 0. The van der Waals surface area contributed by atoms with Crippen molar-refractivity contribution >= 4 is 38.5 Å². The van der Waals surface area contributed by atoms with E-state index in [1.807, 2.05) is 18.2 Å². The number of anilines is 1. The van der Waals surface area contributed by atoms with Crippen molar-refractivity contribution < 1.29 is 8.42 Å². The van der Waals surface area contributed by atoms with Gasteiger partial charge in [0.1, 0.15) is 15.9 Å². The Morgan fingerprint density at radius 2 is 1.91 bits per heavy atom. The Morgan fingerprint density at radius 1 is 1.09 bits per heavy atom. The standard InChI is InChI=1S/C16H17N3O2S2/c1-2-3-7-12-8-4-5-9-13(12)19-23(20,21)15-11-6-10-14-16(15)18-22-17-14/h4-6,8-11,19H,2-3,7H2,1H3. The van der Waals surface area contributed by atoms with Gasteiger partial charge in [-0.2, -0.15) is 8.75 Å². The third-order valence-electron chi connectivity index (χ3n) is 3.60. The molecule has 120 valence electrons. The van der Waals surface area contributed by atoms with Crippen molar-refractivity contribution in [1.82, 2.24) is 8.75 Å². The van der Waals surface area contributed by atoms with Gasteiger partial charge in [-0.15, -0.1) is 0 Å². The van der Waals surface area contributed by atoms with Gasteiger partial charge in [0.05, 0.1) is 17.4 Å². The smallest absolute Gasteiger partial charge is 0.264 e. The number of hydrogen-bond acceptors (Lipinski definition) is 5. The Balaban J connectivity index is 1.97. The van der Waals surface area contributed by atoms with Gasteiger partial charge in [-0.05, 0) is 36.6 Å². The van der Waals surface area contributed by atoms with Crippen LogP contribution < -0.4 is 4.72 Å². The molecule has 0 atom stereocenters. The van der Waals surface area contributed by atoms with E-state index in [1.165, 1.54) is 0 Å². The molecule has 1 heterocycles. The minimum atomic E-state index is -3.70. The molecule has 0 spiro atoms. The molecule has 1 aromatic heterocycles. The molecule has 3 rings (SSSR count). The maximum absolute atomic E-state index is 12.8. The average Bonchev–Trinajstić information content (AvgIpc) is 3.02. The van der Waals surface area contributed by atoms with Crippen LogP contribution in [0.3, 0.4) is 0 Å². The topological polar surface area (TPSA) is 72.0 Å². The molecule has 0 bridgehead atoms. The third kappa shape index (κ3) is 3.35. The van der Waals surface area contributed by atoms with Crippen molar-refractivity contribution in [1.29, 1.82) is 0 Å². The summed E-state index contributed by atoms with van der Waals surface area (Å²) in [6.07, 6.45) is 2.92. The van der Waals surface area contributed by atoms with E-state index < -0.39 is 10.0 Å². The van der Waals surface area contributed by atoms with Crippen LogP contribution in [0.4, 0.5) is 5.69 Å². The predicted molar refractivity (Wildman–Crippen MR) is 93.3 cm³/mol. The maximum Gasteiger partial charge on any atom is 0.264 e. The number of nitrogens with zero attached hydrogens (tertiary/aromatic N) is 2. The lowest BCUT2D eigenvalue weighted by molar-refractivity contribution is 0.602. The number of para-hydroxylation sites is 1. The van der Waals surface area contributed by atoms with E-state index in [-0.39, 0.29) is 4.90 Å². The first kappa shape index (κ1) is 15.9. The van der Waals surface area contributed by atoms with E-state index in [0.29, 0.717) is 16.7 Å². The molecule has 7 heteroatoms. The van der Waals surface area contributed by atoms with Crippen molar-refractivity contribution in [2.24, 2.45) is 0 Å². The molecule has 0 aliphatic carbocycles.